The SMILES string of the molecule is C[C@@H](CO)[C@@]1(O)[C@@H]2OC(=O)[C@@H]([C@H]3CC=C4C5=C(CC[C@@]43C)[C@@]3(C)CC[C@H](O[C@@H]4O[C@H](CO)[C@@H](O)[C@H](O)[C@H]4O)C[C@@H]3CC5)[C@@H]2O[C@@]1(C)O. The predicted octanol–water partition coefficient (Wildman–Crippen LogP) is 0.823. The largest absolute Gasteiger partial charge is 0.456 e. The minimum absolute atomic E-state index is 0.0370. The highest BCUT2D eigenvalue weighted by Crippen LogP contribution is 2.66. The van der Waals surface area contributed by atoms with Crippen LogP contribution in [0.4, 0.5) is 0 Å². The first kappa shape index (κ1) is 34.0. The molecule has 3 heterocycles. The van der Waals surface area contributed by atoms with Crippen molar-refractivity contribution in [1.82, 2.24) is 0 Å². The molecule has 0 spiro atoms. The van der Waals surface area contributed by atoms with E-state index in [4.69, 9.17) is 18.9 Å². The standard InChI is InChI=1S/C35H52O12/c1-16(14-36)35(43)29-28(47-34(35,4)42)24(30(41)46-29)22-8-7-20-19-6-5-17-13-18(9-11-32(17,2)21(19)10-12-33(20,22)3)44-31-27(40)26(39)25(38)23(15-37)45-31/h7,16-18,22-29,31,36-40,42-43H,5-6,8-15H2,1-4H3/t16-,17-,18-,22+,23+,24-,25+,26-,27+,28-,29+,31+,32-,33-,34+,35+/m0/s1. The van der Waals surface area contributed by atoms with Gasteiger partial charge in [-0.3, -0.25) is 4.79 Å². The molecule has 12 heteroatoms. The zero-order valence-corrected chi connectivity index (χ0v) is 27.7. The zero-order chi connectivity index (χ0) is 33.8. The van der Waals surface area contributed by atoms with Crippen molar-refractivity contribution in [2.45, 2.75) is 139 Å². The van der Waals surface area contributed by atoms with Gasteiger partial charge in [0.05, 0.1) is 18.6 Å². The van der Waals surface area contributed by atoms with E-state index in [1.165, 1.54) is 23.6 Å². The summed E-state index contributed by atoms with van der Waals surface area (Å²) in [5.41, 5.74) is 1.88. The maximum absolute atomic E-state index is 13.5. The van der Waals surface area contributed by atoms with Crippen LogP contribution >= 0.6 is 0 Å². The molecule has 0 bridgehead atoms. The van der Waals surface area contributed by atoms with Crippen LogP contribution < -0.4 is 0 Å². The van der Waals surface area contributed by atoms with Crippen molar-refractivity contribution >= 4 is 5.97 Å². The van der Waals surface area contributed by atoms with Crippen LogP contribution in [0.25, 0.3) is 0 Å². The Labute approximate surface area is 275 Å². The van der Waals surface area contributed by atoms with Crippen molar-refractivity contribution in [3.05, 3.63) is 22.8 Å². The van der Waals surface area contributed by atoms with Crippen LogP contribution in [-0.4, -0.2) is 115 Å². The summed E-state index contributed by atoms with van der Waals surface area (Å²) in [5, 5.41) is 73.1. The molecule has 0 aromatic rings. The summed E-state index contributed by atoms with van der Waals surface area (Å²) < 4.78 is 23.7. The number of ether oxygens (including phenoxy) is 4. The normalized spacial score (nSPS) is 53.1. The summed E-state index contributed by atoms with van der Waals surface area (Å²) in [6, 6.07) is 0. The molecule has 12 nitrogen and oxygen atoms in total. The van der Waals surface area contributed by atoms with Gasteiger partial charge in [-0.25, -0.2) is 0 Å². The third-order valence-electron chi connectivity index (χ3n) is 13.8. The fourth-order valence-corrected chi connectivity index (χ4v) is 10.9. The highest BCUT2D eigenvalue weighted by atomic mass is 16.7. The van der Waals surface area contributed by atoms with Crippen molar-refractivity contribution < 1.29 is 59.5 Å². The van der Waals surface area contributed by atoms with Crippen molar-refractivity contribution in [3.63, 3.8) is 0 Å². The lowest BCUT2D eigenvalue weighted by molar-refractivity contribution is -0.315. The molecule has 16 atom stereocenters. The molecule has 0 aromatic heterocycles. The Morgan fingerprint density at radius 1 is 1.00 bits per heavy atom. The van der Waals surface area contributed by atoms with E-state index in [9.17, 15) is 40.5 Å². The number of aliphatic hydroxyl groups excluding tert-OH is 5. The third kappa shape index (κ3) is 4.73. The van der Waals surface area contributed by atoms with E-state index < -0.39 is 85.3 Å². The molecule has 264 valence electrons. The average molecular weight is 665 g/mol. The topological polar surface area (TPSA) is 196 Å². The highest BCUT2D eigenvalue weighted by Gasteiger charge is 2.73. The Morgan fingerprint density at radius 3 is 2.45 bits per heavy atom. The summed E-state index contributed by atoms with van der Waals surface area (Å²) in [5.74, 6) is -3.62. The molecule has 4 aliphatic carbocycles. The minimum Gasteiger partial charge on any atom is -0.456 e. The Morgan fingerprint density at radius 2 is 1.74 bits per heavy atom. The molecule has 7 N–H and O–H groups in total. The number of aliphatic hydroxyl groups is 7. The Hall–Kier alpha value is -1.45. The molecule has 7 rings (SSSR count). The second kappa shape index (κ2) is 11.5. The van der Waals surface area contributed by atoms with E-state index in [-0.39, 0.29) is 22.9 Å². The van der Waals surface area contributed by atoms with E-state index in [1.54, 1.807) is 6.92 Å². The summed E-state index contributed by atoms with van der Waals surface area (Å²) in [6.45, 7) is 6.68. The molecule has 0 aromatic carbocycles. The Kier molecular flexibility index (Phi) is 8.36. The van der Waals surface area contributed by atoms with Crippen LogP contribution in [0.1, 0.15) is 79.1 Å². The molecular formula is C35H52O12. The maximum atomic E-state index is 13.5. The van der Waals surface area contributed by atoms with E-state index in [0.717, 1.165) is 44.9 Å². The van der Waals surface area contributed by atoms with Gasteiger partial charge in [0.2, 0.25) is 0 Å². The Bertz CT molecular complexity index is 1330. The lowest BCUT2D eigenvalue weighted by atomic mass is 9.51. The van der Waals surface area contributed by atoms with Crippen LogP contribution in [-0.2, 0) is 23.7 Å². The van der Waals surface area contributed by atoms with E-state index in [0.29, 0.717) is 12.3 Å². The first-order chi connectivity index (χ1) is 22.1. The monoisotopic (exact) mass is 664 g/mol. The number of hydrogen-bond acceptors (Lipinski definition) is 12. The van der Waals surface area contributed by atoms with Gasteiger partial charge in [-0.2, -0.15) is 0 Å². The maximum Gasteiger partial charge on any atom is 0.312 e. The number of fused-ring (bicyclic) bond motifs is 5. The molecule has 0 radical (unpaired) electrons. The molecule has 0 unspecified atom stereocenters. The number of carbonyl (C=O) groups excluding carboxylic acids is 1. The summed E-state index contributed by atoms with van der Waals surface area (Å²) in [4.78, 5) is 13.5. The van der Waals surface area contributed by atoms with Crippen LogP contribution in [0, 0.1) is 34.5 Å². The van der Waals surface area contributed by atoms with Crippen molar-refractivity contribution in [1.29, 1.82) is 0 Å². The second-order valence-corrected chi connectivity index (χ2v) is 16.1. The summed E-state index contributed by atoms with van der Waals surface area (Å²) >= 11 is 0. The zero-order valence-electron chi connectivity index (χ0n) is 27.7. The number of hydrogen-bond donors (Lipinski definition) is 7. The van der Waals surface area contributed by atoms with Gasteiger partial charge in [-0.05, 0) is 92.1 Å². The van der Waals surface area contributed by atoms with Gasteiger partial charge in [0.25, 0.3) is 0 Å². The van der Waals surface area contributed by atoms with E-state index in [1.807, 2.05) is 0 Å². The average Bonchev–Trinajstić information content (AvgIpc) is 3.61. The lowest BCUT2D eigenvalue weighted by Crippen LogP contribution is -2.60. The fourth-order valence-electron chi connectivity index (χ4n) is 10.9. The molecule has 4 fully saturated rings. The Balaban J connectivity index is 1.08. The quantitative estimate of drug-likeness (QED) is 0.198. The summed E-state index contributed by atoms with van der Waals surface area (Å²) in [7, 11) is 0. The fraction of sp³-hybridized carbons (Fsp3) is 0.857. The van der Waals surface area contributed by atoms with Crippen molar-refractivity contribution in [2.24, 2.45) is 34.5 Å². The van der Waals surface area contributed by atoms with Crippen LogP contribution in [0.3, 0.4) is 0 Å². The second-order valence-electron chi connectivity index (χ2n) is 16.1. The molecular weight excluding hydrogens is 612 g/mol. The molecule has 3 aliphatic heterocycles. The van der Waals surface area contributed by atoms with Crippen LogP contribution in [0.5, 0.6) is 0 Å². The number of carbonyl (C=O) groups is 1. The molecule has 47 heavy (non-hydrogen) atoms. The third-order valence-corrected chi connectivity index (χ3v) is 13.8. The molecule has 3 saturated heterocycles. The van der Waals surface area contributed by atoms with Gasteiger partial charge < -0.3 is 54.7 Å². The van der Waals surface area contributed by atoms with E-state index in [2.05, 4.69) is 19.9 Å². The van der Waals surface area contributed by atoms with Gasteiger partial charge in [-0.1, -0.05) is 32.4 Å². The van der Waals surface area contributed by atoms with Crippen molar-refractivity contribution in [3.8, 4) is 0 Å². The predicted molar refractivity (Wildman–Crippen MR) is 164 cm³/mol. The number of esters is 1. The van der Waals surface area contributed by atoms with Crippen LogP contribution in [0.15, 0.2) is 22.8 Å². The molecule has 7 aliphatic rings. The van der Waals surface area contributed by atoms with Gasteiger partial charge in [0.1, 0.15) is 30.5 Å². The molecule has 0 amide bonds. The van der Waals surface area contributed by atoms with Gasteiger partial charge in [0.15, 0.2) is 23.8 Å². The molecule has 1 saturated carbocycles. The first-order valence-electron chi connectivity index (χ1n) is 17.5. The van der Waals surface area contributed by atoms with Gasteiger partial charge in [-0.15, -0.1) is 0 Å². The lowest BCUT2D eigenvalue weighted by Gasteiger charge is -2.54. The van der Waals surface area contributed by atoms with Crippen molar-refractivity contribution in [2.75, 3.05) is 13.2 Å². The number of rotatable bonds is 6. The highest BCUT2D eigenvalue weighted by molar-refractivity contribution is 5.77. The number of allylic oxidation sites excluding steroid dienone is 4. The van der Waals surface area contributed by atoms with Crippen LogP contribution in [0.2, 0.25) is 0 Å². The first-order valence-corrected chi connectivity index (χ1v) is 17.5. The van der Waals surface area contributed by atoms with Gasteiger partial charge in [0, 0.05) is 12.5 Å². The minimum atomic E-state index is -1.99. The van der Waals surface area contributed by atoms with E-state index >= 15 is 0 Å². The summed E-state index contributed by atoms with van der Waals surface area (Å²) in [6.07, 6.45) is 0.402. The van der Waals surface area contributed by atoms with Gasteiger partial charge >= 0.3 is 5.97 Å². The smallest absolute Gasteiger partial charge is 0.312 e.